The van der Waals surface area contributed by atoms with Gasteiger partial charge in [0.2, 0.25) is 0 Å². The summed E-state index contributed by atoms with van der Waals surface area (Å²) in [6.07, 6.45) is 2.42. The average Bonchev–Trinajstić information content (AvgIpc) is 2.98. The van der Waals surface area contributed by atoms with Crippen LogP contribution in [0.25, 0.3) is 0 Å². The molecule has 2 atom stereocenters. The molecule has 7 heteroatoms. The maximum Gasteiger partial charge on any atom is 0.281 e. The lowest BCUT2D eigenvalue weighted by atomic mass is 9.83. The standard InChI is InChI=1S/C21H18ClN3O3/c22-15-4-6-16(7-5-15)25-20(27)9-18(21(25)28)23-10-13-8-14(12-23)17-2-1-3-19(26)24(17)11-13/h1-7,9,13-14H,8,10-12H2. The average molecular weight is 396 g/mol. The number of hydrogen-bond donors (Lipinski definition) is 0. The van der Waals surface area contributed by atoms with Gasteiger partial charge in [0, 0.05) is 48.4 Å². The number of hydrogen-bond acceptors (Lipinski definition) is 4. The van der Waals surface area contributed by atoms with Gasteiger partial charge in [-0.1, -0.05) is 17.7 Å². The number of benzene rings is 1. The fourth-order valence-corrected chi connectivity index (χ4v) is 4.74. The van der Waals surface area contributed by atoms with Crippen LogP contribution in [-0.2, 0) is 16.1 Å². The third-order valence-electron chi connectivity index (χ3n) is 5.81. The zero-order valence-electron chi connectivity index (χ0n) is 15.0. The Bertz CT molecular complexity index is 1070. The number of carbonyl (C=O) groups excluding carboxylic acids is 2. The third-order valence-corrected chi connectivity index (χ3v) is 6.06. The summed E-state index contributed by atoms with van der Waals surface area (Å²) < 4.78 is 1.85. The fraction of sp³-hybridized carbons (Fsp3) is 0.286. The summed E-state index contributed by atoms with van der Waals surface area (Å²) >= 11 is 5.91. The summed E-state index contributed by atoms with van der Waals surface area (Å²) in [5, 5.41) is 0.550. The molecular weight excluding hydrogens is 378 g/mol. The van der Waals surface area contributed by atoms with Crippen LogP contribution in [0, 0.1) is 5.92 Å². The highest BCUT2D eigenvalue weighted by atomic mass is 35.5. The lowest BCUT2D eigenvalue weighted by Crippen LogP contribution is -2.48. The van der Waals surface area contributed by atoms with Crippen molar-refractivity contribution in [3.63, 3.8) is 0 Å². The predicted molar refractivity (Wildman–Crippen MR) is 105 cm³/mol. The van der Waals surface area contributed by atoms with E-state index in [1.807, 2.05) is 15.5 Å². The fourth-order valence-electron chi connectivity index (χ4n) is 4.61. The topological polar surface area (TPSA) is 62.6 Å². The molecule has 0 saturated carbocycles. The second-order valence-corrected chi connectivity index (χ2v) is 8.02. The van der Waals surface area contributed by atoms with Gasteiger partial charge in [-0.2, -0.15) is 0 Å². The number of carbonyl (C=O) groups is 2. The SMILES string of the molecule is O=C1C=C(N2CC3CC(C2)c2cccc(=O)n2C3)C(=O)N1c1ccc(Cl)cc1. The first-order valence-electron chi connectivity index (χ1n) is 9.31. The van der Waals surface area contributed by atoms with Crippen molar-refractivity contribution in [1.29, 1.82) is 0 Å². The second kappa shape index (κ2) is 6.34. The zero-order chi connectivity index (χ0) is 19.4. The lowest BCUT2D eigenvalue weighted by Gasteiger charge is -2.43. The van der Waals surface area contributed by atoms with E-state index in [4.69, 9.17) is 11.6 Å². The van der Waals surface area contributed by atoms with E-state index in [1.165, 1.54) is 11.0 Å². The van der Waals surface area contributed by atoms with E-state index in [9.17, 15) is 14.4 Å². The smallest absolute Gasteiger partial charge is 0.281 e. The van der Waals surface area contributed by atoms with Gasteiger partial charge in [-0.3, -0.25) is 14.4 Å². The van der Waals surface area contributed by atoms with Crippen LogP contribution in [0.2, 0.25) is 5.02 Å². The molecule has 6 nitrogen and oxygen atoms in total. The summed E-state index contributed by atoms with van der Waals surface area (Å²) in [6.45, 7) is 1.94. The molecular formula is C21H18ClN3O3. The van der Waals surface area contributed by atoms with Gasteiger partial charge >= 0.3 is 0 Å². The van der Waals surface area contributed by atoms with Crippen LogP contribution in [0.3, 0.4) is 0 Å². The molecule has 1 saturated heterocycles. The normalized spacial score (nSPS) is 23.7. The van der Waals surface area contributed by atoms with E-state index >= 15 is 0 Å². The number of piperidine rings is 1. The number of rotatable bonds is 2. The van der Waals surface area contributed by atoms with E-state index in [-0.39, 0.29) is 29.2 Å². The number of pyridine rings is 1. The molecule has 3 aliphatic heterocycles. The number of anilines is 1. The quantitative estimate of drug-likeness (QED) is 0.732. The molecule has 5 rings (SSSR count). The van der Waals surface area contributed by atoms with Crippen molar-refractivity contribution in [2.24, 2.45) is 5.92 Å². The summed E-state index contributed by atoms with van der Waals surface area (Å²) in [5.74, 6) is -0.193. The number of halogens is 1. The minimum absolute atomic E-state index is 0.0286. The Kier molecular flexibility index (Phi) is 3.91. The van der Waals surface area contributed by atoms with Crippen molar-refractivity contribution < 1.29 is 9.59 Å². The Balaban J connectivity index is 1.43. The maximum atomic E-state index is 13.0. The molecule has 0 spiro atoms. The van der Waals surface area contributed by atoms with E-state index in [2.05, 4.69) is 0 Å². The summed E-state index contributed by atoms with van der Waals surface area (Å²) in [7, 11) is 0. The van der Waals surface area contributed by atoms with E-state index in [0.717, 1.165) is 12.1 Å². The minimum atomic E-state index is -0.338. The largest absolute Gasteiger partial charge is 0.366 e. The first kappa shape index (κ1) is 17.3. The van der Waals surface area contributed by atoms with Crippen molar-refractivity contribution >= 4 is 29.1 Å². The molecule has 28 heavy (non-hydrogen) atoms. The van der Waals surface area contributed by atoms with Crippen molar-refractivity contribution in [2.45, 2.75) is 18.9 Å². The van der Waals surface area contributed by atoms with Crippen LogP contribution < -0.4 is 10.5 Å². The summed E-state index contributed by atoms with van der Waals surface area (Å²) in [5.41, 5.74) is 1.99. The molecule has 3 aliphatic rings. The highest BCUT2D eigenvalue weighted by molar-refractivity contribution is 6.32. The molecule has 0 radical (unpaired) electrons. The molecule has 2 bridgehead atoms. The zero-order valence-corrected chi connectivity index (χ0v) is 15.8. The van der Waals surface area contributed by atoms with Crippen molar-refractivity contribution in [1.82, 2.24) is 9.47 Å². The van der Waals surface area contributed by atoms with Gasteiger partial charge in [0.15, 0.2) is 0 Å². The van der Waals surface area contributed by atoms with Crippen molar-refractivity contribution in [3.8, 4) is 0 Å². The van der Waals surface area contributed by atoms with E-state index in [0.29, 0.717) is 36.0 Å². The van der Waals surface area contributed by atoms with Crippen molar-refractivity contribution in [3.05, 3.63) is 75.3 Å². The number of amides is 2. The number of aromatic nitrogens is 1. The van der Waals surface area contributed by atoms with Gasteiger partial charge in [0.25, 0.3) is 17.4 Å². The third kappa shape index (κ3) is 2.67. The molecule has 2 unspecified atom stereocenters. The van der Waals surface area contributed by atoms with Crippen molar-refractivity contribution in [2.75, 3.05) is 18.0 Å². The van der Waals surface area contributed by atoms with Crippen LogP contribution in [0.5, 0.6) is 0 Å². The lowest BCUT2D eigenvalue weighted by molar-refractivity contribution is -0.121. The van der Waals surface area contributed by atoms with Gasteiger partial charge in [-0.15, -0.1) is 0 Å². The molecule has 4 heterocycles. The first-order valence-corrected chi connectivity index (χ1v) is 9.69. The molecule has 142 valence electrons. The summed E-state index contributed by atoms with van der Waals surface area (Å²) in [4.78, 5) is 40.9. The molecule has 2 aromatic rings. The number of likely N-dealkylation sites (tertiary alicyclic amines) is 1. The number of nitrogens with zero attached hydrogens (tertiary/aromatic N) is 3. The highest BCUT2D eigenvalue weighted by Gasteiger charge is 2.41. The second-order valence-electron chi connectivity index (χ2n) is 7.59. The number of imide groups is 1. The maximum absolute atomic E-state index is 13.0. The van der Waals surface area contributed by atoms with Gasteiger partial charge in [-0.25, -0.2) is 4.90 Å². The monoisotopic (exact) mass is 395 g/mol. The Morgan fingerprint density at radius 3 is 2.50 bits per heavy atom. The van der Waals surface area contributed by atoms with Gasteiger partial charge in [0.05, 0.1) is 5.69 Å². The molecule has 0 N–H and O–H groups in total. The van der Waals surface area contributed by atoms with E-state index < -0.39 is 0 Å². The Morgan fingerprint density at radius 2 is 1.71 bits per heavy atom. The van der Waals surface area contributed by atoms with Crippen LogP contribution in [-0.4, -0.2) is 34.4 Å². The molecule has 1 fully saturated rings. The van der Waals surface area contributed by atoms with E-state index in [1.54, 1.807) is 36.4 Å². The van der Waals surface area contributed by atoms with Gasteiger partial charge < -0.3 is 9.47 Å². The molecule has 1 aromatic heterocycles. The summed E-state index contributed by atoms with van der Waals surface area (Å²) in [6, 6.07) is 12.0. The molecule has 2 amide bonds. The first-order chi connectivity index (χ1) is 13.5. The van der Waals surface area contributed by atoms with Crippen LogP contribution in [0.1, 0.15) is 18.0 Å². The van der Waals surface area contributed by atoms with Crippen LogP contribution >= 0.6 is 11.6 Å². The van der Waals surface area contributed by atoms with Gasteiger partial charge in [0.1, 0.15) is 5.70 Å². The molecule has 1 aromatic carbocycles. The molecule has 0 aliphatic carbocycles. The van der Waals surface area contributed by atoms with Crippen LogP contribution in [0.15, 0.2) is 59.0 Å². The predicted octanol–water partition coefficient (Wildman–Crippen LogP) is 2.38. The Labute approximate surface area is 166 Å². The Hall–Kier alpha value is -2.86. The Morgan fingerprint density at radius 1 is 0.929 bits per heavy atom. The van der Waals surface area contributed by atoms with Gasteiger partial charge in [-0.05, 0) is 42.7 Å². The number of fused-ring (bicyclic) bond motifs is 4. The highest BCUT2D eigenvalue weighted by Crippen LogP contribution is 2.37. The minimum Gasteiger partial charge on any atom is -0.366 e. The van der Waals surface area contributed by atoms with Crippen LogP contribution in [0.4, 0.5) is 5.69 Å².